The summed E-state index contributed by atoms with van der Waals surface area (Å²) in [7, 11) is 0. The van der Waals surface area contributed by atoms with Gasteiger partial charge < -0.3 is 25.3 Å². The fraction of sp³-hybridized carbons (Fsp3) is 0.118. The first-order chi connectivity index (χ1) is 21.5. The molecule has 6 rings (SSSR count). The van der Waals surface area contributed by atoms with Crippen molar-refractivity contribution in [2.24, 2.45) is 5.73 Å². The smallest absolute Gasteiger partial charge is 0.352 e. The van der Waals surface area contributed by atoms with Crippen molar-refractivity contribution in [3.8, 4) is 22.8 Å². The summed E-state index contributed by atoms with van der Waals surface area (Å²) in [4.78, 5) is 31.0. The highest BCUT2D eigenvalue weighted by Crippen LogP contribution is 2.28. The van der Waals surface area contributed by atoms with Crippen LogP contribution in [0.2, 0.25) is 0 Å². The summed E-state index contributed by atoms with van der Waals surface area (Å²) in [6, 6.07) is 31.0. The molecule has 1 aliphatic rings. The molecular formula is C34H29N5O5. The van der Waals surface area contributed by atoms with Gasteiger partial charge in [-0.05, 0) is 41.5 Å². The number of nitrogens with two attached hydrogens (primary N) is 1. The van der Waals surface area contributed by atoms with Crippen LogP contribution < -0.4 is 15.8 Å². The number of primary amides is 1. The van der Waals surface area contributed by atoms with Crippen LogP contribution in [0.15, 0.2) is 128 Å². The highest BCUT2D eigenvalue weighted by Gasteiger charge is 2.51. The predicted octanol–water partition coefficient (Wildman–Crippen LogP) is 4.55. The summed E-state index contributed by atoms with van der Waals surface area (Å²) in [6.45, 7) is 0.424. The maximum atomic E-state index is 13.8. The van der Waals surface area contributed by atoms with Crippen LogP contribution in [0, 0.1) is 0 Å². The quantitative estimate of drug-likeness (QED) is 0.232. The van der Waals surface area contributed by atoms with Gasteiger partial charge >= 0.3 is 11.7 Å². The summed E-state index contributed by atoms with van der Waals surface area (Å²) < 4.78 is 18.6. The van der Waals surface area contributed by atoms with Gasteiger partial charge in [0.1, 0.15) is 30.9 Å². The molecule has 10 heteroatoms. The lowest BCUT2D eigenvalue weighted by Crippen LogP contribution is -2.61. The molecule has 3 N–H and O–H groups in total. The first-order valence-corrected chi connectivity index (χ1v) is 14.0. The molecule has 0 bridgehead atoms. The van der Waals surface area contributed by atoms with Crippen molar-refractivity contribution in [1.29, 1.82) is 0 Å². The molecule has 220 valence electrons. The van der Waals surface area contributed by atoms with E-state index in [2.05, 4.69) is 15.4 Å². The number of nitrogens with one attached hydrogen (secondary N) is 1. The first-order valence-electron chi connectivity index (χ1n) is 14.0. The van der Waals surface area contributed by atoms with Crippen molar-refractivity contribution in [2.75, 3.05) is 0 Å². The molecule has 3 heterocycles. The molecular weight excluding hydrogens is 558 g/mol. The van der Waals surface area contributed by atoms with Crippen LogP contribution in [0.3, 0.4) is 0 Å². The second kappa shape index (κ2) is 12.5. The van der Waals surface area contributed by atoms with Crippen molar-refractivity contribution >= 4 is 11.8 Å². The molecule has 44 heavy (non-hydrogen) atoms. The zero-order valence-corrected chi connectivity index (χ0v) is 23.6. The van der Waals surface area contributed by atoms with E-state index in [1.54, 1.807) is 24.5 Å². The number of amides is 2. The summed E-state index contributed by atoms with van der Waals surface area (Å²) in [5, 5.41) is 7.55. The van der Waals surface area contributed by atoms with Gasteiger partial charge in [-0.1, -0.05) is 72.8 Å². The monoisotopic (exact) mass is 587 g/mol. The van der Waals surface area contributed by atoms with Crippen molar-refractivity contribution in [3.05, 3.63) is 145 Å². The van der Waals surface area contributed by atoms with E-state index in [-0.39, 0.29) is 12.0 Å². The van der Waals surface area contributed by atoms with Gasteiger partial charge in [0.25, 0.3) is 5.91 Å². The fourth-order valence-corrected chi connectivity index (χ4v) is 4.91. The molecule has 1 aliphatic heterocycles. The van der Waals surface area contributed by atoms with Crippen LogP contribution in [-0.4, -0.2) is 38.4 Å². The summed E-state index contributed by atoms with van der Waals surface area (Å²) >= 11 is 0. The Labute approximate surface area is 253 Å². The maximum absolute atomic E-state index is 13.8. The Morgan fingerprint density at radius 3 is 2.27 bits per heavy atom. The van der Waals surface area contributed by atoms with Gasteiger partial charge in [-0.15, -0.1) is 0 Å². The van der Waals surface area contributed by atoms with Crippen LogP contribution >= 0.6 is 0 Å². The molecule has 0 fully saturated rings. The number of hydrogen-bond donors (Lipinski definition) is 2. The molecule has 0 aliphatic carbocycles. The van der Waals surface area contributed by atoms with E-state index in [4.69, 9.17) is 19.9 Å². The van der Waals surface area contributed by atoms with Gasteiger partial charge in [-0.25, -0.2) is 9.67 Å². The lowest BCUT2D eigenvalue weighted by Gasteiger charge is -2.33. The molecule has 0 saturated carbocycles. The zero-order chi connectivity index (χ0) is 30.4. The number of benzene rings is 3. The maximum Gasteiger partial charge on any atom is 0.352 e. The topological polar surface area (TPSA) is 131 Å². The number of nitrogens with zero attached hydrogens (tertiary/aromatic N) is 3. The largest absolute Gasteiger partial charge is 0.489 e. The summed E-state index contributed by atoms with van der Waals surface area (Å²) in [5.74, 6) is -2.37. The normalized spacial score (nSPS) is 13.8. The van der Waals surface area contributed by atoms with E-state index in [9.17, 15) is 9.59 Å². The van der Waals surface area contributed by atoms with Crippen LogP contribution in [-0.2, 0) is 27.3 Å². The molecule has 1 atom stereocenters. The second-order valence-electron chi connectivity index (χ2n) is 10.1. The third-order valence-electron chi connectivity index (χ3n) is 7.17. The minimum Gasteiger partial charge on any atom is -0.489 e. The highest BCUT2D eigenvalue weighted by atomic mass is 16.7. The first kappa shape index (κ1) is 28.2. The molecule has 3 aromatic carbocycles. The van der Waals surface area contributed by atoms with Crippen molar-refractivity contribution in [1.82, 2.24) is 20.1 Å². The lowest BCUT2D eigenvalue weighted by atomic mass is 9.97. The molecule has 10 nitrogen and oxygen atoms in total. The predicted molar refractivity (Wildman–Crippen MR) is 162 cm³/mol. The SMILES string of the molecule is NC(=O)C1(C(Cc2ccc(OCc3ccccc3)cc2)NC(=O)c2cccnc2-n2ccc(-c3ccccc3)n2)OC=CO1. The Balaban J connectivity index is 1.24. The number of ether oxygens (including phenoxy) is 3. The third kappa shape index (κ3) is 6.00. The Bertz CT molecular complexity index is 1760. The Hall–Kier alpha value is -5.90. The average Bonchev–Trinajstić information content (AvgIpc) is 3.77. The second-order valence-corrected chi connectivity index (χ2v) is 10.1. The van der Waals surface area contributed by atoms with Crippen molar-refractivity contribution in [2.45, 2.75) is 24.9 Å². The van der Waals surface area contributed by atoms with Crippen LogP contribution in [0.1, 0.15) is 21.5 Å². The Morgan fingerprint density at radius 1 is 0.864 bits per heavy atom. The van der Waals surface area contributed by atoms with Crippen molar-refractivity contribution in [3.63, 3.8) is 0 Å². The summed E-state index contributed by atoms with van der Waals surface area (Å²) in [6.07, 6.45) is 5.93. The van der Waals surface area contributed by atoms with Crippen molar-refractivity contribution < 1.29 is 23.8 Å². The van der Waals surface area contributed by atoms with Crippen LogP contribution in [0.25, 0.3) is 17.1 Å². The number of rotatable bonds is 11. The molecule has 0 radical (unpaired) electrons. The molecule has 2 aromatic heterocycles. The van der Waals surface area contributed by atoms with E-state index in [0.29, 0.717) is 18.2 Å². The van der Waals surface area contributed by atoms with Gasteiger partial charge in [0.15, 0.2) is 5.82 Å². The lowest BCUT2D eigenvalue weighted by molar-refractivity contribution is -0.182. The van der Waals surface area contributed by atoms with Gasteiger partial charge in [0.2, 0.25) is 0 Å². The van der Waals surface area contributed by atoms with Gasteiger partial charge in [0, 0.05) is 24.4 Å². The number of carbonyl (C=O) groups is 2. The van der Waals surface area contributed by atoms with Crippen LogP contribution in [0.5, 0.6) is 5.75 Å². The molecule has 1 unspecified atom stereocenters. The zero-order valence-electron chi connectivity index (χ0n) is 23.6. The van der Waals surface area contributed by atoms with Gasteiger partial charge in [-0.3, -0.25) is 9.59 Å². The number of aromatic nitrogens is 3. The standard InChI is InChI=1S/C34H29N5O5/c35-33(41)34(43-20-21-44-34)30(22-24-13-15-27(16-14-24)42-23-25-8-3-1-4-9-25)37-32(40)28-12-7-18-36-31(28)39-19-17-29(38-39)26-10-5-2-6-11-26/h1-21,30H,22-23H2,(H2,35,41)(H,37,40). The fourth-order valence-electron chi connectivity index (χ4n) is 4.91. The average molecular weight is 588 g/mol. The van der Waals surface area contributed by atoms with Crippen LogP contribution in [0.4, 0.5) is 0 Å². The minimum absolute atomic E-state index is 0.158. The van der Waals surface area contributed by atoms with E-state index in [1.807, 2.05) is 91.0 Å². The Morgan fingerprint density at radius 2 is 1.57 bits per heavy atom. The van der Waals surface area contributed by atoms with E-state index >= 15 is 0 Å². The molecule has 0 spiro atoms. The van der Waals surface area contributed by atoms with Gasteiger partial charge in [0.05, 0.1) is 11.3 Å². The van der Waals surface area contributed by atoms with Gasteiger partial charge in [-0.2, -0.15) is 5.10 Å². The summed E-state index contributed by atoms with van der Waals surface area (Å²) in [5.41, 5.74) is 9.49. The number of hydrogen-bond acceptors (Lipinski definition) is 7. The third-order valence-corrected chi connectivity index (χ3v) is 7.17. The number of carbonyl (C=O) groups excluding carboxylic acids is 2. The van der Waals surface area contributed by atoms with E-state index < -0.39 is 23.6 Å². The van der Waals surface area contributed by atoms with E-state index in [1.165, 1.54) is 17.2 Å². The van der Waals surface area contributed by atoms with E-state index in [0.717, 1.165) is 22.4 Å². The minimum atomic E-state index is -1.95. The highest BCUT2D eigenvalue weighted by molar-refractivity contribution is 5.98. The Kier molecular flexibility index (Phi) is 8.04. The molecule has 2 amide bonds. The molecule has 5 aromatic rings. The molecule has 0 saturated heterocycles. The number of pyridine rings is 1.